The van der Waals surface area contributed by atoms with Crippen LogP contribution in [0.3, 0.4) is 0 Å². The standard InChI is InChI=1S/C22H22N2O5S/c25-20-18(9-12-24(20)15-5-7-16(8-6-15)30(27)28)23-13-10-22(11-14-23)17-3-1-2-4-19(17)29-21(22)26/h1-8,18H,9-14H2,(H,27,28)/p-1/t18-/m0/s1. The third kappa shape index (κ3) is 2.98. The van der Waals surface area contributed by atoms with E-state index in [0.717, 1.165) is 5.56 Å². The van der Waals surface area contributed by atoms with Crippen LogP contribution in [0.1, 0.15) is 24.8 Å². The van der Waals surface area contributed by atoms with Gasteiger partial charge in [0.25, 0.3) is 0 Å². The van der Waals surface area contributed by atoms with Gasteiger partial charge in [0.2, 0.25) is 5.91 Å². The lowest BCUT2D eigenvalue weighted by Crippen LogP contribution is -2.51. The van der Waals surface area contributed by atoms with Crippen LogP contribution in [0.2, 0.25) is 0 Å². The molecule has 1 amide bonds. The van der Waals surface area contributed by atoms with Crippen LogP contribution in [0, 0.1) is 0 Å². The summed E-state index contributed by atoms with van der Waals surface area (Å²) in [4.78, 5) is 29.8. The van der Waals surface area contributed by atoms with E-state index in [1.165, 1.54) is 12.1 Å². The Kier molecular flexibility index (Phi) is 4.72. The van der Waals surface area contributed by atoms with Crippen LogP contribution in [0.15, 0.2) is 53.4 Å². The Morgan fingerprint density at radius 1 is 1.00 bits per heavy atom. The van der Waals surface area contributed by atoms with Crippen molar-refractivity contribution >= 4 is 28.6 Å². The first-order valence-electron chi connectivity index (χ1n) is 10.1. The molecule has 0 saturated carbocycles. The van der Waals surface area contributed by atoms with Crippen molar-refractivity contribution in [1.29, 1.82) is 0 Å². The summed E-state index contributed by atoms with van der Waals surface area (Å²) < 4.78 is 27.6. The van der Waals surface area contributed by atoms with Crippen molar-refractivity contribution in [2.75, 3.05) is 24.5 Å². The van der Waals surface area contributed by atoms with Gasteiger partial charge in [-0.25, -0.2) is 0 Å². The van der Waals surface area contributed by atoms with Crippen molar-refractivity contribution in [2.45, 2.75) is 35.6 Å². The maximum Gasteiger partial charge on any atom is 0.322 e. The SMILES string of the molecule is O=C1[C@@H](N2CCC3(CC2)C(=O)Oc2ccccc23)CCN1c1ccc(S(=O)[O-])cc1. The second kappa shape index (κ2) is 7.30. The molecule has 0 radical (unpaired) electrons. The fraction of sp³-hybridized carbons (Fsp3) is 0.364. The number of fused-ring (bicyclic) bond motifs is 2. The Morgan fingerprint density at radius 2 is 1.70 bits per heavy atom. The summed E-state index contributed by atoms with van der Waals surface area (Å²) in [5.74, 6) is 0.497. The molecule has 2 saturated heterocycles. The topological polar surface area (TPSA) is 90.0 Å². The van der Waals surface area contributed by atoms with Gasteiger partial charge in [0.15, 0.2) is 0 Å². The third-order valence-corrected chi connectivity index (χ3v) is 7.26. The fourth-order valence-electron chi connectivity index (χ4n) is 4.95. The van der Waals surface area contributed by atoms with Crippen molar-refractivity contribution in [3.8, 4) is 5.75 Å². The van der Waals surface area contributed by atoms with E-state index < -0.39 is 16.5 Å². The Balaban J connectivity index is 1.29. The van der Waals surface area contributed by atoms with Gasteiger partial charge < -0.3 is 14.2 Å². The quantitative estimate of drug-likeness (QED) is 0.424. The third-order valence-electron chi connectivity index (χ3n) is 6.61. The van der Waals surface area contributed by atoms with Gasteiger partial charge in [-0.05, 0) is 60.7 Å². The summed E-state index contributed by atoms with van der Waals surface area (Å²) in [6.07, 6.45) is 1.98. The first-order valence-corrected chi connectivity index (χ1v) is 11.1. The average molecular weight is 425 g/mol. The smallest absolute Gasteiger partial charge is 0.322 e. The molecule has 1 spiro atoms. The summed E-state index contributed by atoms with van der Waals surface area (Å²) >= 11 is -2.28. The van der Waals surface area contributed by atoms with Gasteiger partial charge in [0, 0.05) is 35.8 Å². The number of carbonyl (C=O) groups is 2. The minimum atomic E-state index is -2.28. The van der Waals surface area contributed by atoms with Crippen LogP contribution in [-0.4, -0.2) is 51.2 Å². The highest BCUT2D eigenvalue weighted by atomic mass is 32.2. The van der Waals surface area contributed by atoms with E-state index >= 15 is 0 Å². The molecule has 0 aliphatic carbocycles. The molecule has 2 atom stereocenters. The number of rotatable bonds is 3. The normalized spacial score (nSPS) is 24.2. The highest BCUT2D eigenvalue weighted by molar-refractivity contribution is 7.79. The number of hydrogen-bond donors (Lipinski definition) is 0. The van der Waals surface area contributed by atoms with E-state index in [4.69, 9.17) is 4.74 Å². The molecule has 8 heteroatoms. The van der Waals surface area contributed by atoms with Crippen LogP contribution in [0.5, 0.6) is 5.75 Å². The molecule has 3 aliphatic heterocycles. The van der Waals surface area contributed by atoms with Crippen LogP contribution in [-0.2, 0) is 26.1 Å². The molecule has 3 heterocycles. The molecule has 156 valence electrons. The fourth-order valence-corrected chi connectivity index (χ4v) is 5.30. The first-order chi connectivity index (χ1) is 14.5. The highest BCUT2D eigenvalue weighted by Crippen LogP contribution is 2.46. The molecule has 2 aromatic rings. The number of nitrogens with zero attached hydrogens (tertiary/aromatic N) is 2. The van der Waals surface area contributed by atoms with Crippen molar-refractivity contribution in [2.24, 2.45) is 0 Å². The summed E-state index contributed by atoms with van der Waals surface area (Å²) in [7, 11) is 0. The Bertz CT molecular complexity index is 1030. The van der Waals surface area contributed by atoms with Crippen molar-refractivity contribution < 1.29 is 23.1 Å². The van der Waals surface area contributed by atoms with E-state index in [-0.39, 0.29) is 22.8 Å². The number of esters is 1. The molecule has 3 aliphatic rings. The van der Waals surface area contributed by atoms with Crippen molar-refractivity contribution in [1.82, 2.24) is 4.90 Å². The molecule has 0 N–H and O–H groups in total. The van der Waals surface area contributed by atoms with E-state index in [1.807, 2.05) is 24.3 Å². The molecule has 1 unspecified atom stereocenters. The lowest BCUT2D eigenvalue weighted by molar-refractivity contribution is -0.140. The molecule has 7 nitrogen and oxygen atoms in total. The van der Waals surface area contributed by atoms with Gasteiger partial charge >= 0.3 is 5.97 Å². The molecular weight excluding hydrogens is 404 g/mol. The van der Waals surface area contributed by atoms with Gasteiger partial charge in [0.1, 0.15) is 5.75 Å². The molecular formula is C22H21N2O5S-. The Hall–Kier alpha value is -2.55. The zero-order chi connectivity index (χ0) is 20.9. The number of benzene rings is 2. The molecule has 5 rings (SSSR count). The maximum atomic E-state index is 13.1. The van der Waals surface area contributed by atoms with Crippen molar-refractivity contribution in [3.05, 3.63) is 54.1 Å². The van der Waals surface area contributed by atoms with Crippen LogP contribution in [0.25, 0.3) is 0 Å². The predicted octanol–water partition coefficient (Wildman–Crippen LogP) is 1.98. The molecule has 0 bridgehead atoms. The molecule has 2 fully saturated rings. The maximum absolute atomic E-state index is 13.1. The Morgan fingerprint density at radius 3 is 2.40 bits per heavy atom. The summed E-state index contributed by atoms with van der Waals surface area (Å²) in [5.41, 5.74) is 1.07. The van der Waals surface area contributed by atoms with Gasteiger partial charge in [0.05, 0.1) is 11.5 Å². The summed E-state index contributed by atoms with van der Waals surface area (Å²) in [6, 6.07) is 13.7. The van der Waals surface area contributed by atoms with E-state index in [9.17, 15) is 18.4 Å². The van der Waals surface area contributed by atoms with E-state index in [2.05, 4.69) is 4.90 Å². The first kappa shape index (κ1) is 19.4. The van der Waals surface area contributed by atoms with Crippen LogP contribution >= 0.6 is 0 Å². The molecule has 30 heavy (non-hydrogen) atoms. The minimum Gasteiger partial charge on any atom is -0.768 e. The number of hydrogen-bond acceptors (Lipinski definition) is 6. The summed E-state index contributed by atoms with van der Waals surface area (Å²) in [6.45, 7) is 1.90. The number of ether oxygens (including phenoxy) is 1. The van der Waals surface area contributed by atoms with Gasteiger partial charge in [-0.3, -0.25) is 18.7 Å². The number of likely N-dealkylation sites (tertiary alicyclic amines) is 1. The highest BCUT2D eigenvalue weighted by Gasteiger charge is 2.52. The lowest BCUT2D eigenvalue weighted by Gasteiger charge is -2.39. The molecule has 0 aromatic heterocycles. The van der Waals surface area contributed by atoms with E-state index in [0.29, 0.717) is 50.3 Å². The number of para-hydroxylation sites is 1. The second-order valence-electron chi connectivity index (χ2n) is 8.03. The Labute approximate surface area is 176 Å². The zero-order valence-corrected chi connectivity index (χ0v) is 17.1. The number of piperidine rings is 1. The van der Waals surface area contributed by atoms with Crippen molar-refractivity contribution in [3.63, 3.8) is 0 Å². The monoisotopic (exact) mass is 425 g/mol. The zero-order valence-electron chi connectivity index (χ0n) is 16.3. The minimum absolute atomic E-state index is 0.0244. The van der Waals surface area contributed by atoms with Crippen LogP contribution < -0.4 is 9.64 Å². The van der Waals surface area contributed by atoms with Crippen LogP contribution in [0.4, 0.5) is 5.69 Å². The predicted molar refractivity (Wildman–Crippen MR) is 109 cm³/mol. The van der Waals surface area contributed by atoms with Gasteiger partial charge in [-0.2, -0.15) is 0 Å². The van der Waals surface area contributed by atoms with Gasteiger partial charge in [-0.15, -0.1) is 0 Å². The number of carbonyl (C=O) groups excluding carboxylic acids is 2. The van der Waals surface area contributed by atoms with E-state index in [1.54, 1.807) is 17.0 Å². The summed E-state index contributed by atoms with van der Waals surface area (Å²) in [5, 5.41) is 0. The van der Waals surface area contributed by atoms with Gasteiger partial charge in [-0.1, -0.05) is 18.2 Å². The molecule has 2 aromatic carbocycles. The largest absolute Gasteiger partial charge is 0.768 e. The average Bonchev–Trinajstić information content (AvgIpc) is 3.27. The lowest BCUT2D eigenvalue weighted by atomic mass is 9.73. The number of amides is 1. The number of anilines is 1. The second-order valence-corrected chi connectivity index (χ2v) is 8.97.